The Hall–Kier alpha value is -2.23. The summed E-state index contributed by atoms with van der Waals surface area (Å²) in [4.78, 5) is 10.8. The molecule has 4 nitrogen and oxygen atoms in total. The highest BCUT2D eigenvalue weighted by Gasteiger charge is 2.31. The maximum Gasteiger partial charge on any atom is 0.416 e. The fourth-order valence-electron chi connectivity index (χ4n) is 1.33. The number of nitrogens with zero attached hydrogens (tertiary/aromatic N) is 1. The van der Waals surface area contributed by atoms with Crippen LogP contribution in [0.2, 0.25) is 0 Å². The highest BCUT2D eigenvalue weighted by molar-refractivity contribution is 5.77. The molecule has 0 aliphatic rings. The first-order valence-corrected chi connectivity index (χ1v) is 5.40. The average Bonchev–Trinajstić information content (AvgIpc) is 2.34. The van der Waals surface area contributed by atoms with Crippen LogP contribution < -0.4 is 11.1 Å². The van der Waals surface area contributed by atoms with E-state index >= 15 is 0 Å². The molecular formula is C12H12F3N3O. The van der Waals surface area contributed by atoms with Crippen LogP contribution in [-0.2, 0) is 11.0 Å². The summed E-state index contributed by atoms with van der Waals surface area (Å²) in [6.07, 6.45) is -4.50. The molecule has 0 spiro atoms. The topological polar surface area (TPSA) is 78.9 Å². The standard InChI is InChI=1S/C12H12F3N3O/c1-7(11(17)19)6-18-10-3-2-9(12(13,14)15)4-8(10)5-16/h2-4,7,18H,6H2,1H3,(H2,17,19). The molecular weight excluding hydrogens is 259 g/mol. The van der Waals surface area contributed by atoms with E-state index < -0.39 is 23.6 Å². The summed E-state index contributed by atoms with van der Waals surface area (Å²) >= 11 is 0. The molecule has 0 bridgehead atoms. The summed E-state index contributed by atoms with van der Waals surface area (Å²) in [6, 6.07) is 4.48. The van der Waals surface area contributed by atoms with Gasteiger partial charge in [-0.3, -0.25) is 4.79 Å². The Morgan fingerprint density at radius 1 is 1.53 bits per heavy atom. The molecule has 1 aromatic carbocycles. The number of carbonyl (C=O) groups excluding carboxylic acids is 1. The maximum atomic E-state index is 12.5. The molecule has 0 heterocycles. The van der Waals surface area contributed by atoms with Crippen molar-refractivity contribution in [1.29, 1.82) is 5.26 Å². The van der Waals surface area contributed by atoms with Crippen molar-refractivity contribution in [3.05, 3.63) is 29.3 Å². The van der Waals surface area contributed by atoms with Crippen LogP contribution in [0, 0.1) is 17.2 Å². The van der Waals surface area contributed by atoms with Crippen LogP contribution in [0.15, 0.2) is 18.2 Å². The number of halogens is 3. The number of hydrogen-bond acceptors (Lipinski definition) is 3. The molecule has 0 aromatic heterocycles. The van der Waals surface area contributed by atoms with Gasteiger partial charge in [0.1, 0.15) is 6.07 Å². The summed E-state index contributed by atoms with van der Waals surface area (Å²) in [5.41, 5.74) is 4.27. The van der Waals surface area contributed by atoms with Gasteiger partial charge in [-0.25, -0.2) is 0 Å². The lowest BCUT2D eigenvalue weighted by molar-refractivity contribution is -0.137. The van der Waals surface area contributed by atoms with Crippen LogP contribution >= 0.6 is 0 Å². The molecule has 19 heavy (non-hydrogen) atoms. The van der Waals surface area contributed by atoms with Gasteiger partial charge < -0.3 is 11.1 Å². The van der Waals surface area contributed by atoms with Crippen molar-refractivity contribution in [1.82, 2.24) is 0 Å². The van der Waals surface area contributed by atoms with Crippen molar-refractivity contribution in [3.63, 3.8) is 0 Å². The molecule has 102 valence electrons. The van der Waals surface area contributed by atoms with Crippen molar-refractivity contribution in [2.75, 3.05) is 11.9 Å². The lowest BCUT2D eigenvalue weighted by Crippen LogP contribution is -2.27. The fourth-order valence-corrected chi connectivity index (χ4v) is 1.33. The van der Waals surface area contributed by atoms with Crippen LogP contribution in [-0.4, -0.2) is 12.5 Å². The van der Waals surface area contributed by atoms with E-state index in [2.05, 4.69) is 5.32 Å². The van der Waals surface area contributed by atoms with Gasteiger partial charge in [0.15, 0.2) is 0 Å². The summed E-state index contributed by atoms with van der Waals surface area (Å²) in [6.45, 7) is 1.72. The summed E-state index contributed by atoms with van der Waals surface area (Å²) < 4.78 is 37.4. The number of amides is 1. The van der Waals surface area contributed by atoms with Crippen LogP contribution in [0.1, 0.15) is 18.1 Å². The highest BCUT2D eigenvalue weighted by Crippen LogP contribution is 2.31. The second kappa shape index (κ2) is 5.61. The van der Waals surface area contributed by atoms with E-state index in [9.17, 15) is 18.0 Å². The van der Waals surface area contributed by atoms with Crippen LogP contribution in [0.5, 0.6) is 0 Å². The van der Waals surface area contributed by atoms with Crippen LogP contribution in [0.4, 0.5) is 18.9 Å². The molecule has 0 saturated heterocycles. The molecule has 0 saturated carbocycles. The number of primary amides is 1. The van der Waals surface area contributed by atoms with E-state index in [1.54, 1.807) is 13.0 Å². The second-order valence-electron chi connectivity index (χ2n) is 4.05. The number of benzene rings is 1. The Morgan fingerprint density at radius 3 is 2.63 bits per heavy atom. The molecule has 1 rings (SSSR count). The Kier molecular flexibility index (Phi) is 4.38. The monoisotopic (exact) mass is 271 g/mol. The first-order valence-electron chi connectivity index (χ1n) is 5.40. The third-order valence-electron chi connectivity index (χ3n) is 2.55. The van der Waals surface area contributed by atoms with Crippen molar-refractivity contribution in [3.8, 4) is 6.07 Å². The van der Waals surface area contributed by atoms with E-state index in [1.165, 1.54) is 0 Å². The molecule has 1 amide bonds. The Labute approximate surface area is 108 Å². The molecule has 0 fully saturated rings. The molecule has 0 aliphatic carbocycles. The minimum absolute atomic E-state index is 0.133. The molecule has 1 aromatic rings. The Morgan fingerprint density at radius 2 is 2.16 bits per heavy atom. The van der Waals surface area contributed by atoms with Gasteiger partial charge in [-0.15, -0.1) is 0 Å². The van der Waals surface area contributed by atoms with Gasteiger partial charge in [0, 0.05) is 6.54 Å². The van der Waals surface area contributed by atoms with E-state index in [0.717, 1.165) is 18.2 Å². The number of nitrogens with one attached hydrogen (secondary N) is 1. The third-order valence-corrected chi connectivity index (χ3v) is 2.55. The Balaban J connectivity index is 2.92. The number of nitrogens with two attached hydrogens (primary N) is 1. The van der Waals surface area contributed by atoms with Crippen molar-refractivity contribution in [2.45, 2.75) is 13.1 Å². The number of nitriles is 1. The minimum atomic E-state index is -4.50. The number of anilines is 1. The van der Waals surface area contributed by atoms with Crippen LogP contribution in [0.3, 0.4) is 0 Å². The third kappa shape index (κ3) is 3.88. The zero-order valence-electron chi connectivity index (χ0n) is 10.1. The smallest absolute Gasteiger partial charge is 0.383 e. The molecule has 0 radical (unpaired) electrons. The maximum absolute atomic E-state index is 12.5. The largest absolute Gasteiger partial charge is 0.416 e. The zero-order valence-corrected chi connectivity index (χ0v) is 10.1. The van der Waals surface area contributed by atoms with Gasteiger partial charge in [0.25, 0.3) is 0 Å². The van der Waals surface area contributed by atoms with E-state index in [1.807, 2.05) is 0 Å². The lowest BCUT2D eigenvalue weighted by atomic mass is 10.1. The van der Waals surface area contributed by atoms with Gasteiger partial charge >= 0.3 is 6.18 Å². The number of rotatable bonds is 4. The Bertz CT molecular complexity index is 520. The molecule has 7 heteroatoms. The number of alkyl halides is 3. The van der Waals surface area contributed by atoms with Gasteiger partial charge in [-0.1, -0.05) is 6.92 Å². The highest BCUT2D eigenvalue weighted by atomic mass is 19.4. The SMILES string of the molecule is CC(CNc1ccc(C(F)(F)F)cc1C#N)C(N)=O. The first kappa shape index (κ1) is 14.8. The van der Waals surface area contributed by atoms with Crippen molar-refractivity contribution < 1.29 is 18.0 Å². The number of carbonyl (C=O) groups is 1. The summed E-state index contributed by atoms with van der Waals surface area (Å²) in [5.74, 6) is -1.02. The summed E-state index contributed by atoms with van der Waals surface area (Å²) in [5, 5.41) is 11.6. The van der Waals surface area contributed by atoms with Gasteiger partial charge in [-0.2, -0.15) is 18.4 Å². The van der Waals surface area contributed by atoms with Gasteiger partial charge in [-0.05, 0) is 18.2 Å². The lowest BCUT2D eigenvalue weighted by Gasteiger charge is -2.13. The van der Waals surface area contributed by atoms with Gasteiger partial charge in [0.05, 0.1) is 22.7 Å². The zero-order chi connectivity index (χ0) is 14.6. The minimum Gasteiger partial charge on any atom is -0.383 e. The quantitative estimate of drug-likeness (QED) is 0.880. The van der Waals surface area contributed by atoms with E-state index in [4.69, 9.17) is 11.0 Å². The van der Waals surface area contributed by atoms with Gasteiger partial charge in [0.2, 0.25) is 5.91 Å². The van der Waals surface area contributed by atoms with Crippen molar-refractivity contribution in [2.24, 2.45) is 11.7 Å². The van der Waals surface area contributed by atoms with E-state index in [-0.39, 0.29) is 17.8 Å². The molecule has 1 atom stereocenters. The second-order valence-corrected chi connectivity index (χ2v) is 4.05. The predicted molar refractivity (Wildman–Crippen MR) is 63.0 cm³/mol. The summed E-state index contributed by atoms with van der Waals surface area (Å²) in [7, 11) is 0. The molecule has 3 N–H and O–H groups in total. The first-order chi connectivity index (χ1) is 8.75. The molecule has 1 unspecified atom stereocenters. The molecule has 0 aliphatic heterocycles. The van der Waals surface area contributed by atoms with Crippen LogP contribution in [0.25, 0.3) is 0 Å². The predicted octanol–water partition coefficient (Wildman–Crippen LogP) is 2.11. The number of hydrogen-bond donors (Lipinski definition) is 2. The van der Waals surface area contributed by atoms with Crippen molar-refractivity contribution >= 4 is 11.6 Å². The normalized spacial score (nSPS) is 12.6. The fraction of sp³-hybridized carbons (Fsp3) is 0.333. The average molecular weight is 271 g/mol. The van der Waals surface area contributed by atoms with E-state index in [0.29, 0.717) is 0 Å².